The molecule has 4 aliphatic rings. The van der Waals surface area contributed by atoms with E-state index in [2.05, 4.69) is 30.8 Å². The monoisotopic (exact) mass is 416 g/mol. The zero-order chi connectivity index (χ0) is 21.9. The molecule has 0 radical (unpaired) electrons. The van der Waals surface area contributed by atoms with Crippen LogP contribution in [0.25, 0.3) is 5.57 Å². The van der Waals surface area contributed by atoms with Crippen LogP contribution in [0, 0.1) is 0 Å². The lowest BCUT2D eigenvalue weighted by atomic mass is 10.1. The molecule has 0 bridgehead atoms. The number of halogens is 1. The van der Waals surface area contributed by atoms with Crippen LogP contribution in [0.1, 0.15) is 81.8 Å². The maximum atomic E-state index is 12.0. The minimum atomic E-state index is -1.13. The fraction of sp³-hybridized carbons (Fsp3) is 0.560. The predicted octanol–water partition coefficient (Wildman–Crippen LogP) is 4.95. The van der Waals surface area contributed by atoms with Gasteiger partial charge < -0.3 is 5.11 Å². The molecule has 0 amide bonds. The van der Waals surface area contributed by atoms with Gasteiger partial charge in [0.1, 0.15) is 11.9 Å². The lowest BCUT2D eigenvalue weighted by Crippen LogP contribution is -2.10. The van der Waals surface area contributed by atoms with Gasteiger partial charge in [-0.2, -0.15) is 0 Å². The Morgan fingerprint density at radius 3 is 1.80 bits per heavy atom. The summed E-state index contributed by atoms with van der Waals surface area (Å²) in [4.78, 5) is 30.8. The second kappa shape index (κ2) is 12.5. The highest BCUT2D eigenvalue weighted by atomic mass is 19.1. The Hall–Kier alpha value is -2.14. The fourth-order valence-corrected chi connectivity index (χ4v) is 3.84. The molecule has 1 N–H and O–H groups in total. The van der Waals surface area contributed by atoms with Crippen LogP contribution in [0.3, 0.4) is 0 Å². The number of benzene rings is 1. The first-order chi connectivity index (χ1) is 14.4. The summed E-state index contributed by atoms with van der Waals surface area (Å²) in [6, 6.07) is 8.52. The van der Waals surface area contributed by atoms with Gasteiger partial charge in [0.25, 0.3) is 0 Å². The van der Waals surface area contributed by atoms with Crippen molar-refractivity contribution in [3.8, 4) is 0 Å². The zero-order valence-corrected chi connectivity index (χ0v) is 17.7. The number of ketones is 3. The Balaban J connectivity index is 0.000000146. The molecule has 4 nitrogen and oxygen atoms in total. The molecule has 0 saturated heterocycles. The van der Waals surface area contributed by atoms with Gasteiger partial charge in [-0.05, 0) is 68.1 Å². The molecule has 1 unspecified atom stereocenters. The molecular weight excluding hydrogens is 383 g/mol. The van der Waals surface area contributed by atoms with Crippen LogP contribution in [0.2, 0.25) is 0 Å². The molecule has 3 fully saturated rings. The summed E-state index contributed by atoms with van der Waals surface area (Å²) in [5.74, 6) is 0.259. The van der Waals surface area contributed by atoms with Crippen LogP contribution < -0.4 is 0 Å². The summed E-state index contributed by atoms with van der Waals surface area (Å²) < 4.78 is 12.0. The first kappa shape index (κ1) is 24.1. The first-order valence-electron chi connectivity index (χ1n) is 11.0. The van der Waals surface area contributed by atoms with Crippen molar-refractivity contribution in [2.24, 2.45) is 0 Å². The second-order valence-corrected chi connectivity index (χ2v) is 8.21. The SMILES string of the molecule is C=C1CCc2ccccc21.O=C1CCCC1.O=C1CCCC1F.O=C1CCC[C@@H]1O. The van der Waals surface area contributed by atoms with Crippen LogP contribution in [0.5, 0.6) is 0 Å². The third-order valence-corrected chi connectivity index (χ3v) is 5.76. The number of rotatable bonds is 0. The summed E-state index contributed by atoms with van der Waals surface area (Å²) >= 11 is 0. The van der Waals surface area contributed by atoms with Crippen LogP contribution in [0.4, 0.5) is 4.39 Å². The largest absolute Gasteiger partial charge is 0.385 e. The van der Waals surface area contributed by atoms with Gasteiger partial charge in [0, 0.05) is 25.7 Å². The number of aryl methyl sites for hydroxylation is 1. The number of hydrogen-bond acceptors (Lipinski definition) is 4. The number of carbonyl (C=O) groups is 3. The lowest BCUT2D eigenvalue weighted by Gasteiger charge is -1.95. The summed E-state index contributed by atoms with van der Waals surface area (Å²) in [6.07, 6.45) is 8.37. The molecule has 164 valence electrons. The van der Waals surface area contributed by atoms with E-state index in [4.69, 9.17) is 5.11 Å². The van der Waals surface area contributed by atoms with Gasteiger partial charge in [0.2, 0.25) is 0 Å². The summed E-state index contributed by atoms with van der Waals surface area (Å²) in [7, 11) is 0. The van der Waals surface area contributed by atoms with E-state index in [1.165, 1.54) is 23.1 Å². The van der Waals surface area contributed by atoms with Gasteiger partial charge >= 0.3 is 0 Å². The van der Waals surface area contributed by atoms with E-state index in [1.807, 2.05) is 0 Å². The van der Waals surface area contributed by atoms with Crippen molar-refractivity contribution in [1.29, 1.82) is 0 Å². The molecule has 4 aliphatic carbocycles. The molecule has 3 saturated carbocycles. The van der Waals surface area contributed by atoms with Gasteiger partial charge in [-0.1, -0.05) is 30.8 Å². The number of carbonyl (C=O) groups excluding carboxylic acids is 3. The van der Waals surface area contributed by atoms with E-state index in [1.54, 1.807) is 0 Å². The first-order valence-corrected chi connectivity index (χ1v) is 11.0. The van der Waals surface area contributed by atoms with Gasteiger partial charge in [0.05, 0.1) is 0 Å². The fourth-order valence-electron chi connectivity index (χ4n) is 3.84. The van der Waals surface area contributed by atoms with Crippen LogP contribution in [-0.4, -0.2) is 34.7 Å². The van der Waals surface area contributed by atoms with Crippen molar-refractivity contribution in [1.82, 2.24) is 0 Å². The van der Waals surface area contributed by atoms with Gasteiger partial charge in [-0.25, -0.2) is 4.39 Å². The Morgan fingerprint density at radius 1 is 0.800 bits per heavy atom. The van der Waals surface area contributed by atoms with E-state index in [-0.39, 0.29) is 11.6 Å². The molecule has 0 spiro atoms. The van der Waals surface area contributed by atoms with Gasteiger partial charge in [0.15, 0.2) is 17.7 Å². The highest BCUT2D eigenvalue weighted by molar-refractivity contribution is 5.85. The molecule has 0 aliphatic heterocycles. The topological polar surface area (TPSA) is 71.4 Å². The summed E-state index contributed by atoms with van der Waals surface area (Å²) in [5, 5.41) is 8.65. The third kappa shape index (κ3) is 7.94. The molecule has 5 rings (SSSR count). The van der Waals surface area contributed by atoms with Crippen molar-refractivity contribution in [2.75, 3.05) is 0 Å². The number of Topliss-reactive ketones (excluding diaryl/α,β-unsaturated/α-hetero) is 3. The summed E-state index contributed by atoms with van der Waals surface area (Å²) in [6.45, 7) is 4.00. The van der Waals surface area contributed by atoms with E-state index < -0.39 is 12.3 Å². The molecule has 0 aromatic heterocycles. The number of hydrogen-bond donors (Lipinski definition) is 1. The van der Waals surface area contributed by atoms with E-state index >= 15 is 0 Å². The Bertz CT molecular complexity index is 723. The van der Waals surface area contributed by atoms with Gasteiger partial charge in [-0.3, -0.25) is 14.4 Å². The Morgan fingerprint density at radius 2 is 1.43 bits per heavy atom. The minimum Gasteiger partial charge on any atom is -0.385 e. The van der Waals surface area contributed by atoms with E-state index in [0.29, 0.717) is 31.5 Å². The molecule has 0 heterocycles. The standard InChI is InChI=1S/C10H10.C5H7FO.C5H8O2.C5H8O/c1-8-6-7-9-4-2-3-5-10(8)9;2*6-4-2-1-3-5(4)7;6-5-3-1-2-4-5/h2-5H,1,6-7H2;4H,1-3H2;4,6H,1-3H2;1-4H2/t;;4-;/m..0./s1. The van der Waals surface area contributed by atoms with E-state index in [9.17, 15) is 18.8 Å². The van der Waals surface area contributed by atoms with Crippen molar-refractivity contribution in [2.45, 2.75) is 89.3 Å². The van der Waals surface area contributed by atoms with Crippen molar-refractivity contribution < 1.29 is 23.9 Å². The quantitative estimate of drug-likeness (QED) is 0.649. The third-order valence-electron chi connectivity index (χ3n) is 5.76. The van der Waals surface area contributed by atoms with Crippen molar-refractivity contribution >= 4 is 22.9 Å². The smallest absolute Gasteiger partial charge is 0.166 e. The van der Waals surface area contributed by atoms with Crippen molar-refractivity contribution in [3.63, 3.8) is 0 Å². The Labute approximate surface area is 178 Å². The maximum absolute atomic E-state index is 12.0. The number of fused-ring (bicyclic) bond motifs is 1. The highest BCUT2D eigenvalue weighted by Gasteiger charge is 2.22. The van der Waals surface area contributed by atoms with Crippen LogP contribution in [0.15, 0.2) is 30.8 Å². The predicted molar refractivity (Wildman–Crippen MR) is 116 cm³/mol. The van der Waals surface area contributed by atoms with Crippen LogP contribution in [-0.2, 0) is 20.8 Å². The second-order valence-electron chi connectivity index (χ2n) is 8.21. The molecule has 2 atom stereocenters. The maximum Gasteiger partial charge on any atom is 0.166 e. The molecule has 1 aromatic carbocycles. The lowest BCUT2D eigenvalue weighted by molar-refractivity contribution is -0.124. The zero-order valence-electron chi connectivity index (χ0n) is 17.7. The van der Waals surface area contributed by atoms with E-state index in [0.717, 1.165) is 44.9 Å². The Kier molecular flexibility index (Phi) is 10.1. The highest BCUT2D eigenvalue weighted by Crippen LogP contribution is 2.29. The minimum absolute atomic E-state index is 0.0139. The average Bonchev–Trinajstić information content (AvgIpc) is 3.53. The molecule has 1 aromatic rings. The summed E-state index contributed by atoms with van der Waals surface area (Å²) in [5.41, 5.74) is 4.14. The van der Waals surface area contributed by atoms with Gasteiger partial charge in [-0.15, -0.1) is 0 Å². The number of aliphatic hydroxyl groups is 1. The molecular formula is C25H33FO4. The molecule has 30 heavy (non-hydrogen) atoms. The number of alkyl halides is 1. The molecule has 5 heteroatoms. The van der Waals surface area contributed by atoms with Crippen LogP contribution >= 0.6 is 0 Å². The average molecular weight is 417 g/mol. The van der Waals surface area contributed by atoms with Crippen molar-refractivity contribution in [3.05, 3.63) is 42.0 Å². The number of allylic oxidation sites excluding steroid dienone is 1. The number of aliphatic hydroxyl groups excluding tert-OH is 1. The normalized spacial score (nSPS) is 24.3.